The molecule has 1 aliphatic heterocycles. The quantitative estimate of drug-likeness (QED) is 0.356. The predicted molar refractivity (Wildman–Crippen MR) is 121 cm³/mol. The van der Waals surface area contributed by atoms with Crippen molar-refractivity contribution in [1.29, 1.82) is 0 Å². The molecule has 1 heterocycles. The van der Waals surface area contributed by atoms with Crippen LogP contribution in [0.25, 0.3) is 6.08 Å². The molecule has 1 fully saturated rings. The standard InChI is InChI=1S/C22H21ClN2O5S/c1-24-21(27)17(25(22(24)31)12-20(26)29-3)10-15-6-9-18(19(11-15)28-2)30-13-14-4-7-16(23)8-5-14/h4-11H,12-13H2,1-3H3. The number of halogens is 1. The normalized spacial score (nSPS) is 14.9. The zero-order chi connectivity index (χ0) is 22.5. The summed E-state index contributed by atoms with van der Waals surface area (Å²) in [5.74, 6) is 0.247. The Morgan fingerprint density at radius 2 is 1.84 bits per heavy atom. The Kier molecular flexibility index (Phi) is 7.14. The van der Waals surface area contributed by atoms with Crippen LogP contribution >= 0.6 is 23.8 Å². The van der Waals surface area contributed by atoms with Crippen LogP contribution in [0.2, 0.25) is 5.02 Å². The number of likely N-dealkylation sites (N-methyl/N-ethyl adjacent to an activating group) is 1. The number of benzene rings is 2. The molecule has 0 N–H and O–H groups in total. The number of carbonyl (C=O) groups is 2. The van der Waals surface area contributed by atoms with Gasteiger partial charge in [-0.15, -0.1) is 0 Å². The fourth-order valence-corrected chi connectivity index (χ4v) is 3.31. The first-order valence-electron chi connectivity index (χ1n) is 9.27. The van der Waals surface area contributed by atoms with Crippen molar-refractivity contribution in [2.75, 3.05) is 27.8 Å². The summed E-state index contributed by atoms with van der Waals surface area (Å²) in [6.07, 6.45) is 1.65. The first-order valence-corrected chi connectivity index (χ1v) is 10.1. The van der Waals surface area contributed by atoms with E-state index in [0.29, 0.717) is 28.7 Å². The molecule has 0 spiro atoms. The molecular formula is C22H21ClN2O5S. The highest BCUT2D eigenvalue weighted by Crippen LogP contribution is 2.31. The second kappa shape index (κ2) is 9.80. The summed E-state index contributed by atoms with van der Waals surface area (Å²) in [7, 11) is 4.38. The Balaban J connectivity index is 1.84. The number of hydrogen-bond donors (Lipinski definition) is 0. The maximum absolute atomic E-state index is 12.6. The summed E-state index contributed by atoms with van der Waals surface area (Å²) < 4.78 is 16.0. The van der Waals surface area contributed by atoms with Gasteiger partial charge in [-0.05, 0) is 53.7 Å². The monoisotopic (exact) mass is 460 g/mol. The molecule has 1 saturated heterocycles. The molecule has 3 rings (SSSR count). The number of ether oxygens (including phenoxy) is 3. The topological polar surface area (TPSA) is 68.3 Å². The highest BCUT2D eigenvalue weighted by Gasteiger charge is 2.36. The Bertz CT molecular complexity index is 1040. The van der Waals surface area contributed by atoms with Crippen LogP contribution in [-0.4, -0.2) is 54.6 Å². The van der Waals surface area contributed by atoms with E-state index in [1.807, 2.05) is 12.1 Å². The zero-order valence-corrected chi connectivity index (χ0v) is 18.8. The van der Waals surface area contributed by atoms with Crippen LogP contribution in [0.1, 0.15) is 11.1 Å². The lowest BCUT2D eigenvalue weighted by molar-refractivity contribution is -0.140. The van der Waals surface area contributed by atoms with Crippen molar-refractivity contribution in [2.24, 2.45) is 0 Å². The molecule has 0 saturated carbocycles. The molecule has 162 valence electrons. The smallest absolute Gasteiger partial charge is 0.325 e. The molecule has 2 aromatic carbocycles. The summed E-state index contributed by atoms with van der Waals surface area (Å²) in [4.78, 5) is 27.1. The van der Waals surface area contributed by atoms with E-state index >= 15 is 0 Å². The largest absolute Gasteiger partial charge is 0.493 e. The summed E-state index contributed by atoms with van der Waals surface area (Å²) in [5.41, 5.74) is 1.92. The van der Waals surface area contributed by atoms with Crippen LogP contribution in [0.15, 0.2) is 48.2 Å². The molecule has 9 heteroatoms. The van der Waals surface area contributed by atoms with Crippen LogP contribution in [0.3, 0.4) is 0 Å². The van der Waals surface area contributed by atoms with Crippen molar-refractivity contribution < 1.29 is 23.8 Å². The Hall–Kier alpha value is -3.10. The minimum atomic E-state index is -0.500. The van der Waals surface area contributed by atoms with Gasteiger partial charge < -0.3 is 19.1 Å². The fraction of sp³-hybridized carbons (Fsp3) is 0.227. The lowest BCUT2D eigenvalue weighted by Gasteiger charge is -2.17. The van der Waals surface area contributed by atoms with E-state index in [2.05, 4.69) is 0 Å². The van der Waals surface area contributed by atoms with Gasteiger partial charge in [0, 0.05) is 12.1 Å². The van der Waals surface area contributed by atoms with Gasteiger partial charge in [0.1, 0.15) is 18.8 Å². The number of hydrogen-bond acceptors (Lipinski definition) is 6. The summed E-state index contributed by atoms with van der Waals surface area (Å²) in [5, 5.41) is 0.892. The van der Waals surface area contributed by atoms with Crippen LogP contribution < -0.4 is 9.47 Å². The van der Waals surface area contributed by atoms with Gasteiger partial charge >= 0.3 is 5.97 Å². The number of carbonyl (C=O) groups excluding carboxylic acids is 2. The van der Waals surface area contributed by atoms with E-state index in [9.17, 15) is 9.59 Å². The van der Waals surface area contributed by atoms with Crippen LogP contribution in [0.5, 0.6) is 11.5 Å². The third-order valence-corrected chi connectivity index (χ3v) is 5.39. The first kappa shape index (κ1) is 22.6. The molecule has 0 atom stereocenters. The molecule has 31 heavy (non-hydrogen) atoms. The van der Waals surface area contributed by atoms with Gasteiger partial charge in [0.2, 0.25) is 0 Å². The molecule has 1 aliphatic rings. The lowest BCUT2D eigenvalue weighted by atomic mass is 10.1. The minimum Gasteiger partial charge on any atom is -0.493 e. The number of rotatable bonds is 7. The molecule has 7 nitrogen and oxygen atoms in total. The van der Waals surface area contributed by atoms with Crippen LogP contribution in [0, 0.1) is 0 Å². The van der Waals surface area contributed by atoms with Crippen molar-refractivity contribution in [2.45, 2.75) is 6.61 Å². The average molecular weight is 461 g/mol. The second-order valence-electron chi connectivity index (χ2n) is 6.66. The first-order chi connectivity index (χ1) is 14.8. The number of nitrogens with zero attached hydrogens (tertiary/aromatic N) is 2. The van der Waals surface area contributed by atoms with Crippen molar-refractivity contribution in [1.82, 2.24) is 9.80 Å². The molecule has 0 aromatic heterocycles. The van der Waals surface area contributed by atoms with E-state index < -0.39 is 5.97 Å². The Labute approximate surface area is 190 Å². The van der Waals surface area contributed by atoms with E-state index in [4.69, 9.17) is 38.0 Å². The van der Waals surface area contributed by atoms with E-state index in [1.54, 1.807) is 43.5 Å². The molecular weight excluding hydrogens is 440 g/mol. The van der Waals surface area contributed by atoms with E-state index in [1.165, 1.54) is 24.0 Å². The molecule has 0 radical (unpaired) electrons. The number of methoxy groups -OCH3 is 2. The maximum Gasteiger partial charge on any atom is 0.325 e. The predicted octanol–water partition coefficient (Wildman–Crippen LogP) is 3.50. The Morgan fingerprint density at radius 1 is 1.13 bits per heavy atom. The van der Waals surface area contributed by atoms with Crippen molar-refractivity contribution >= 4 is 46.9 Å². The van der Waals surface area contributed by atoms with Gasteiger partial charge in [0.25, 0.3) is 5.91 Å². The molecule has 2 aromatic rings. The fourth-order valence-electron chi connectivity index (χ4n) is 2.94. The van der Waals surface area contributed by atoms with Gasteiger partial charge in [-0.25, -0.2) is 0 Å². The minimum absolute atomic E-state index is 0.156. The highest BCUT2D eigenvalue weighted by molar-refractivity contribution is 7.80. The number of thiocarbonyl (C=S) groups is 1. The van der Waals surface area contributed by atoms with Gasteiger partial charge in [-0.1, -0.05) is 29.8 Å². The van der Waals surface area contributed by atoms with Gasteiger partial charge in [-0.3, -0.25) is 14.5 Å². The van der Waals surface area contributed by atoms with Crippen LogP contribution in [0.4, 0.5) is 0 Å². The average Bonchev–Trinajstić information content (AvgIpc) is 2.97. The molecule has 1 amide bonds. The molecule has 0 unspecified atom stereocenters. The van der Waals surface area contributed by atoms with E-state index in [0.717, 1.165) is 5.56 Å². The SMILES string of the molecule is COC(=O)CN1C(=S)N(C)C(=O)C1=Cc1ccc(OCc2ccc(Cl)cc2)c(OC)c1. The number of amides is 1. The number of esters is 1. The maximum atomic E-state index is 12.6. The van der Waals surface area contributed by atoms with Crippen molar-refractivity contribution in [3.05, 3.63) is 64.3 Å². The van der Waals surface area contributed by atoms with Crippen LogP contribution in [-0.2, 0) is 20.9 Å². The highest BCUT2D eigenvalue weighted by atomic mass is 35.5. The summed E-state index contributed by atoms with van der Waals surface area (Å²) in [6, 6.07) is 12.7. The third kappa shape index (κ3) is 5.15. The molecule has 0 bridgehead atoms. The second-order valence-corrected chi connectivity index (χ2v) is 7.47. The van der Waals surface area contributed by atoms with Gasteiger partial charge in [0.15, 0.2) is 16.6 Å². The lowest BCUT2D eigenvalue weighted by Crippen LogP contribution is -2.33. The summed E-state index contributed by atoms with van der Waals surface area (Å²) >= 11 is 11.2. The van der Waals surface area contributed by atoms with Crippen molar-refractivity contribution in [3.8, 4) is 11.5 Å². The zero-order valence-electron chi connectivity index (χ0n) is 17.3. The van der Waals surface area contributed by atoms with Gasteiger partial charge in [-0.2, -0.15) is 0 Å². The van der Waals surface area contributed by atoms with E-state index in [-0.39, 0.29) is 23.3 Å². The van der Waals surface area contributed by atoms with Crippen molar-refractivity contribution in [3.63, 3.8) is 0 Å². The molecule has 0 aliphatic carbocycles. The summed E-state index contributed by atoms with van der Waals surface area (Å²) in [6.45, 7) is 0.190. The third-order valence-electron chi connectivity index (χ3n) is 4.65. The Morgan fingerprint density at radius 3 is 2.48 bits per heavy atom. The van der Waals surface area contributed by atoms with Gasteiger partial charge in [0.05, 0.1) is 14.2 Å².